The highest BCUT2D eigenvalue weighted by Crippen LogP contribution is 2.24. The number of carbonyl (C=O) groups is 2. The summed E-state index contributed by atoms with van der Waals surface area (Å²) in [7, 11) is 0. The molecule has 2 atom stereocenters. The molecular weight excluding hydrogens is 260 g/mol. The fourth-order valence-electron chi connectivity index (χ4n) is 2.34. The smallest absolute Gasteiger partial charge is 0.408 e. The van der Waals surface area contributed by atoms with Crippen LogP contribution in [-0.2, 0) is 4.79 Å². The molecule has 0 spiro atoms. The molecule has 0 bridgehead atoms. The Hall–Kier alpha value is -1.30. The molecule has 1 unspecified atom stereocenters. The SMILES string of the molecule is CCC[C@@H](C(O)C(=O)NC1CC1)N(C(=O)O)C(C)(C)C. The second kappa shape index (κ2) is 6.43. The van der Waals surface area contributed by atoms with Gasteiger partial charge in [-0.2, -0.15) is 0 Å². The molecule has 1 rings (SSSR count). The van der Waals surface area contributed by atoms with Crippen LogP contribution in [0.2, 0.25) is 0 Å². The number of carboxylic acid groups (broad SMARTS) is 1. The van der Waals surface area contributed by atoms with E-state index in [0.29, 0.717) is 12.8 Å². The minimum atomic E-state index is -1.33. The van der Waals surface area contributed by atoms with Crippen molar-refractivity contribution in [3.63, 3.8) is 0 Å². The lowest BCUT2D eigenvalue weighted by molar-refractivity contribution is -0.134. The van der Waals surface area contributed by atoms with Crippen LogP contribution in [0.5, 0.6) is 0 Å². The van der Waals surface area contributed by atoms with Gasteiger partial charge in [-0.1, -0.05) is 13.3 Å². The van der Waals surface area contributed by atoms with E-state index in [0.717, 1.165) is 12.8 Å². The van der Waals surface area contributed by atoms with Crippen LogP contribution in [0.3, 0.4) is 0 Å². The van der Waals surface area contributed by atoms with Crippen molar-refractivity contribution in [2.45, 2.75) is 77.1 Å². The summed E-state index contributed by atoms with van der Waals surface area (Å²) in [5.74, 6) is -0.471. The predicted molar refractivity (Wildman–Crippen MR) is 75.5 cm³/mol. The zero-order chi connectivity index (χ0) is 15.5. The molecule has 1 aliphatic rings. The Kier molecular flexibility index (Phi) is 5.39. The van der Waals surface area contributed by atoms with Gasteiger partial charge in [0.2, 0.25) is 0 Å². The molecule has 0 saturated heterocycles. The minimum Gasteiger partial charge on any atom is -0.465 e. The standard InChI is InChI=1S/C14H26N2O4/c1-5-6-10(16(13(19)20)14(2,3)4)11(17)12(18)15-9-7-8-9/h9-11,17H,5-8H2,1-4H3,(H,15,18)(H,19,20)/t10-,11?/m0/s1. The summed E-state index contributed by atoms with van der Waals surface area (Å²) in [5.41, 5.74) is -0.674. The lowest BCUT2D eigenvalue weighted by Gasteiger charge is -2.41. The molecule has 0 heterocycles. The monoisotopic (exact) mass is 286 g/mol. The normalized spacial score (nSPS) is 18.2. The van der Waals surface area contributed by atoms with Crippen LogP contribution in [0.1, 0.15) is 53.4 Å². The highest BCUT2D eigenvalue weighted by molar-refractivity contribution is 5.82. The quantitative estimate of drug-likeness (QED) is 0.691. The highest BCUT2D eigenvalue weighted by Gasteiger charge is 2.40. The topological polar surface area (TPSA) is 89.9 Å². The van der Waals surface area contributed by atoms with Crippen LogP contribution in [0, 0.1) is 0 Å². The first-order valence-corrected chi connectivity index (χ1v) is 7.19. The molecule has 0 aromatic heterocycles. The van der Waals surface area contributed by atoms with Gasteiger partial charge in [0, 0.05) is 11.6 Å². The van der Waals surface area contributed by atoms with Crippen molar-refractivity contribution in [2.24, 2.45) is 0 Å². The molecule has 1 saturated carbocycles. The molecule has 0 aromatic carbocycles. The summed E-state index contributed by atoms with van der Waals surface area (Å²) < 4.78 is 0. The van der Waals surface area contributed by atoms with E-state index >= 15 is 0 Å². The first-order chi connectivity index (χ1) is 9.18. The summed E-state index contributed by atoms with van der Waals surface area (Å²) in [6.45, 7) is 7.18. The van der Waals surface area contributed by atoms with Crippen LogP contribution in [0.15, 0.2) is 0 Å². The van der Waals surface area contributed by atoms with E-state index in [9.17, 15) is 19.8 Å². The van der Waals surface area contributed by atoms with Crippen molar-refractivity contribution >= 4 is 12.0 Å². The Morgan fingerprint density at radius 3 is 2.25 bits per heavy atom. The van der Waals surface area contributed by atoms with Gasteiger partial charge in [0.05, 0.1) is 6.04 Å². The van der Waals surface area contributed by atoms with Crippen molar-refractivity contribution in [2.75, 3.05) is 0 Å². The van der Waals surface area contributed by atoms with Gasteiger partial charge in [0.25, 0.3) is 5.91 Å². The van der Waals surface area contributed by atoms with Gasteiger partial charge in [-0.15, -0.1) is 0 Å². The number of nitrogens with zero attached hydrogens (tertiary/aromatic N) is 1. The van der Waals surface area contributed by atoms with E-state index in [4.69, 9.17) is 0 Å². The lowest BCUT2D eigenvalue weighted by atomic mass is 9.96. The van der Waals surface area contributed by atoms with Crippen LogP contribution >= 0.6 is 0 Å². The first kappa shape index (κ1) is 16.8. The van der Waals surface area contributed by atoms with Gasteiger partial charge in [-0.25, -0.2) is 4.79 Å². The Bertz CT molecular complexity index is 361. The van der Waals surface area contributed by atoms with Gasteiger partial charge in [0.15, 0.2) is 6.10 Å². The van der Waals surface area contributed by atoms with E-state index in [1.165, 1.54) is 4.90 Å². The fraction of sp³-hybridized carbons (Fsp3) is 0.857. The molecular formula is C14H26N2O4. The molecule has 3 N–H and O–H groups in total. The van der Waals surface area contributed by atoms with Crippen molar-refractivity contribution in [3.8, 4) is 0 Å². The van der Waals surface area contributed by atoms with Gasteiger partial charge < -0.3 is 15.5 Å². The summed E-state index contributed by atoms with van der Waals surface area (Å²) in [5, 5.41) is 22.4. The molecule has 0 radical (unpaired) electrons. The molecule has 116 valence electrons. The van der Waals surface area contributed by atoms with Gasteiger partial charge in [-0.3, -0.25) is 9.69 Å². The average molecular weight is 286 g/mol. The maximum absolute atomic E-state index is 12.0. The number of carbonyl (C=O) groups excluding carboxylic acids is 1. The maximum atomic E-state index is 12.0. The third-order valence-electron chi connectivity index (χ3n) is 3.40. The number of aliphatic hydroxyl groups is 1. The van der Waals surface area contributed by atoms with E-state index in [1.807, 2.05) is 6.92 Å². The predicted octanol–water partition coefficient (Wildman–Crippen LogP) is 1.57. The average Bonchev–Trinajstić information content (AvgIpc) is 3.08. The number of nitrogens with one attached hydrogen (secondary N) is 1. The molecule has 6 heteroatoms. The molecule has 1 aliphatic carbocycles. The van der Waals surface area contributed by atoms with E-state index in [-0.39, 0.29) is 6.04 Å². The Labute approximate surface area is 120 Å². The van der Waals surface area contributed by atoms with Gasteiger partial charge in [-0.05, 0) is 40.0 Å². The number of amides is 2. The van der Waals surface area contributed by atoms with Crippen molar-refractivity contribution in [1.29, 1.82) is 0 Å². The second-order valence-electron chi connectivity index (χ2n) is 6.41. The third-order valence-corrected chi connectivity index (χ3v) is 3.40. The van der Waals surface area contributed by atoms with Crippen molar-refractivity contribution in [1.82, 2.24) is 10.2 Å². The van der Waals surface area contributed by atoms with E-state index in [2.05, 4.69) is 5.32 Å². The van der Waals surface area contributed by atoms with Crippen LogP contribution in [0.25, 0.3) is 0 Å². The molecule has 20 heavy (non-hydrogen) atoms. The number of hydrogen-bond acceptors (Lipinski definition) is 3. The zero-order valence-corrected chi connectivity index (χ0v) is 12.7. The Balaban J connectivity index is 2.88. The van der Waals surface area contributed by atoms with Gasteiger partial charge in [0.1, 0.15) is 0 Å². The summed E-state index contributed by atoms with van der Waals surface area (Å²) in [6, 6.07) is -0.580. The van der Waals surface area contributed by atoms with Gasteiger partial charge >= 0.3 is 6.09 Å². The molecule has 6 nitrogen and oxygen atoms in total. The Morgan fingerprint density at radius 1 is 1.35 bits per heavy atom. The lowest BCUT2D eigenvalue weighted by Crippen LogP contribution is -2.58. The van der Waals surface area contributed by atoms with Crippen LogP contribution in [-0.4, -0.2) is 50.8 Å². The number of rotatable bonds is 6. The number of hydrogen-bond donors (Lipinski definition) is 3. The zero-order valence-electron chi connectivity index (χ0n) is 12.7. The molecule has 1 fully saturated rings. The molecule has 2 amide bonds. The second-order valence-corrected chi connectivity index (χ2v) is 6.41. The molecule has 0 aromatic rings. The summed E-state index contributed by atoms with van der Waals surface area (Å²) in [4.78, 5) is 24.7. The summed E-state index contributed by atoms with van der Waals surface area (Å²) in [6.07, 6.45) is 0.554. The van der Waals surface area contributed by atoms with Crippen LogP contribution < -0.4 is 5.32 Å². The first-order valence-electron chi connectivity index (χ1n) is 7.19. The fourth-order valence-corrected chi connectivity index (χ4v) is 2.34. The van der Waals surface area contributed by atoms with Crippen LogP contribution in [0.4, 0.5) is 4.79 Å². The van der Waals surface area contributed by atoms with E-state index < -0.39 is 29.7 Å². The highest BCUT2D eigenvalue weighted by atomic mass is 16.4. The maximum Gasteiger partial charge on any atom is 0.408 e. The van der Waals surface area contributed by atoms with Crippen molar-refractivity contribution < 1.29 is 19.8 Å². The molecule has 0 aliphatic heterocycles. The number of aliphatic hydroxyl groups excluding tert-OH is 1. The largest absolute Gasteiger partial charge is 0.465 e. The third kappa shape index (κ3) is 4.37. The minimum absolute atomic E-state index is 0.146. The summed E-state index contributed by atoms with van der Waals surface area (Å²) >= 11 is 0. The van der Waals surface area contributed by atoms with E-state index in [1.54, 1.807) is 20.8 Å². The van der Waals surface area contributed by atoms with Crippen molar-refractivity contribution in [3.05, 3.63) is 0 Å². The Morgan fingerprint density at radius 2 is 1.90 bits per heavy atom.